The normalized spacial score (nSPS) is 17.2. The van der Waals surface area contributed by atoms with Crippen molar-refractivity contribution in [1.29, 1.82) is 0 Å². The number of hydrogen-bond donors (Lipinski definition) is 2. The van der Waals surface area contributed by atoms with Crippen LogP contribution in [0, 0.1) is 0 Å². The molecule has 0 bridgehead atoms. The zero-order valence-electron chi connectivity index (χ0n) is 15.2. The minimum absolute atomic E-state index is 0.324. The molecule has 1 heterocycles. The van der Waals surface area contributed by atoms with E-state index in [9.17, 15) is 14.7 Å². The Bertz CT molecular complexity index is 566. The van der Waals surface area contributed by atoms with Gasteiger partial charge in [0.1, 0.15) is 6.04 Å². The topological polar surface area (TPSA) is 72.9 Å². The van der Waals surface area contributed by atoms with Gasteiger partial charge in [-0.25, -0.2) is 4.79 Å². The summed E-state index contributed by atoms with van der Waals surface area (Å²) in [5.41, 5.74) is 1.67. The van der Waals surface area contributed by atoms with Crippen molar-refractivity contribution < 1.29 is 14.7 Å². The quantitative estimate of drug-likeness (QED) is 0.750. The summed E-state index contributed by atoms with van der Waals surface area (Å²) in [5, 5.41) is 11.8. The Morgan fingerprint density at radius 3 is 2.36 bits per heavy atom. The smallest absolute Gasteiger partial charge is 0.326 e. The largest absolute Gasteiger partial charge is 0.480 e. The molecule has 0 aliphatic carbocycles. The fourth-order valence-electron chi connectivity index (χ4n) is 2.93. The van der Waals surface area contributed by atoms with Gasteiger partial charge >= 0.3 is 5.97 Å². The van der Waals surface area contributed by atoms with Crippen molar-refractivity contribution in [2.75, 3.05) is 33.2 Å². The number of carbonyl (C=O) groups is 2. The average Bonchev–Trinajstić information content (AvgIpc) is 2.60. The number of rotatable bonds is 8. The van der Waals surface area contributed by atoms with Gasteiger partial charge in [-0.1, -0.05) is 31.9 Å². The monoisotopic (exact) mass is 347 g/mol. The Balaban J connectivity index is 1.89. The first-order valence-corrected chi connectivity index (χ1v) is 9.03. The molecule has 0 spiro atoms. The summed E-state index contributed by atoms with van der Waals surface area (Å²) in [4.78, 5) is 28.2. The van der Waals surface area contributed by atoms with Crippen molar-refractivity contribution in [3.8, 4) is 0 Å². The van der Waals surface area contributed by atoms with Crippen LogP contribution in [0.1, 0.15) is 42.1 Å². The van der Waals surface area contributed by atoms with Gasteiger partial charge in [0.15, 0.2) is 0 Å². The Kier molecular flexibility index (Phi) is 7.40. The molecule has 1 amide bonds. The molecular formula is C19H29N3O3. The lowest BCUT2D eigenvalue weighted by atomic mass is 10.1. The van der Waals surface area contributed by atoms with E-state index in [1.54, 1.807) is 12.1 Å². The number of carboxylic acid groups (broad SMARTS) is 1. The number of carboxylic acids is 1. The molecule has 1 fully saturated rings. The summed E-state index contributed by atoms with van der Waals surface area (Å²) in [6.45, 7) is 7.14. The third kappa shape index (κ3) is 6.14. The summed E-state index contributed by atoms with van der Waals surface area (Å²) in [7, 11) is 2.13. The molecule has 1 aliphatic rings. The highest BCUT2D eigenvalue weighted by atomic mass is 16.4. The molecule has 1 unspecified atom stereocenters. The summed E-state index contributed by atoms with van der Waals surface area (Å²) >= 11 is 0. The molecule has 6 nitrogen and oxygen atoms in total. The number of hydrogen-bond acceptors (Lipinski definition) is 4. The van der Waals surface area contributed by atoms with Crippen LogP contribution >= 0.6 is 0 Å². The highest BCUT2D eigenvalue weighted by Crippen LogP contribution is 2.10. The van der Waals surface area contributed by atoms with Gasteiger partial charge in [-0.15, -0.1) is 0 Å². The maximum absolute atomic E-state index is 12.3. The minimum Gasteiger partial charge on any atom is -0.480 e. The molecule has 1 aromatic rings. The Hall–Kier alpha value is -1.92. The van der Waals surface area contributed by atoms with E-state index < -0.39 is 12.0 Å². The van der Waals surface area contributed by atoms with Crippen LogP contribution in [0.2, 0.25) is 0 Å². The molecule has 1 aromatic carbocycles. The summed E-state index contributed by atoms with van der Waals surface area (Å²) in [5.74, 6) is -1.30. The predicted molar refractivity (Wildman–Crippen MR) is 97.6 cm³/mol. The van der Waals surface area contributed by atoms with Crippen LogP contribution in [-0.4, -0.2) is 66.1 Å². The van der Waals surface area contributed by atoms with Crippen LogP contribution < -0.4 is 5.32 Å². The maximum atomic E-state index is 12.3. The molecule has 1 aliphatic heterocycles. The molecule has 2 N–H and O–H groups in total. The van der Waals surface area contributed by atoms with Gasteiger partial charge in [0, 0.05) is 38.3 Å². The number of nitrogens with zero attached hydrogens (tertiary/aromatic N) is 2. The second-order valence-corrected chi connectivity index (χ2v) is 6.78. The number of aliphatic carboxylic acids is 1. The average molecular weight is 347 g/mol. The lowest BCUT2D eigenvalue weighted by Gasteiger charge is -2.32. The predicted octanol–water partition coefficient (Wildman–Crippen LogP) is 1.81. The van der Waals surface area contributed by atoms with Gasteiger partial charge in [0.2, 0.25) is 0 Å². The van der Waals surface area contributed by atoms with Crippen molar-refractivity contribution in [1.82, 2.24) is 15.1 Å². The van der Waals surface area contributed by atoms with E-state index in [0.29, 0.717) is 12.0 Å². The van der Waals surface area contributed by atoms with Crippen molar-refractivity contribution in [3.05, 3.63) is 35.4 Å². The SMILES string of the molecule is CCCCC(NC(=O)c1ccc(CN2CCN(C)CC2)cc1)C(=O)O. The molecule has 2 rings (SSSR count). The fraction of sp³-hybridized carbons (Fsp3) is 0.579. The van der Waals surface area contributed by atoms with Gasteiger partial charge in [0.05, 0.1) is 0 Å². The molecular weight excluding hydrogens is 318 g/mol. The molecule has 6 heteroatoms. The van der Waals surface area contributed by atoms with Crippen LogP contribution in [-0.2, 0) is 11.3 Å². The number of carbonyl (C=O) groups excluding carboxylic acids is 1. The van der Waals surface area contributed by atoms with E-state index in [0.717, 1.165) is 45.6 Å². The van der Waals surface area contributed by atoms with Gasteiger partial charge in [-0.05, 0) is 31.2 Å². The van der Waals surface area contributed by atoms with E-state index >= 15 is 0 Å². The third-order valence-electron chi connectivity index (χ3n) is 4.67. The van der Waals surface area contributed by atoms with E-state index in [-0.39, 0.29) is 5.91 Å². The standard InChI is InChI=1S/C19H29N3O3/c1-3-4-5-17(19(24)25)20-18(23)16-8-6-15(7-9-16)14-22-12-10-21(2)11-13-22/h6-9,17H,3-5,10-14H2,1-2H3,(H,20,23)(H,24,25). The van der Waals surface area contributed by atoms with E-state index in [1.807, 2.05) is 19.1 Å². The van der Waals surface area contributed by atoms with Crippen LogP contribution in [0.15, 0.2) is 24.3 Å². The van der Waals surface area contributed by atoms with Gasteiger partial charge in [-0.2, -0.15) is 0 Å². The zero-order chi connectivity index (χ0) is 18.2. The number of nitrogens with one attached hydrogen (secondary N) is 1. The molecule has 0 aromatic heterocycles. The first kappa shape index (κ1) is 19.4. The number of unbranched alkanes of at least 4 members (excludes halogenated alkanes) is 1. The van der Waals surface area contributed by atoms with Crippen molar-refractivity contribution in [2.45, 2.75) is 38.8 Å². The number of amides is 1. The molecule has 25 heavy (non-hydrogen) atoms. The highest BCUT2D eigenvalue weighted by Gasteiger charge is 2.20. The van der Waals surface area contributed by atoms with Crippen molar-refractivity contribution in [2.24, 2.45) is 0 Å². The Morgan fingerprint density at radius 2 is 1.80 bits per heavy atom. The summed E-state index contributed by atoms with van der Waals surface area (Å²) in [6.07, 6.45) is 2.14. The third-order valence-corrected chi connectivity index (χ3v) is 4.67. The van der Waals surface area contributed by atoms with Gasteiger partial charge in [-0.3, -0.25) is 9.69 Å². The fourth-order valence-corrected chi connectivity index (χ4v) is 2.93. The zero-order valence-corrected chi connectivity index (χ0v) is 15.2. The lowest BCUT2D eigenvalue weighted by Crippen LogP contribution is -2.43. The van der Waals surface area contributed by atoms with E-state index in [1.165, 1.54) is 5.56 Å². The maximum Gasteiger partial charge on any atom is 0.326 e. The van der Waals surface area contributed by atoms with Crippen LogP contribution in [0.4, 0.5) is 0 Å². The van der Waals surface area contributed by atoms with Crippen LogP contribution in [0.25, 0.3) is 0 Å². The first-order valence-electron chi connectivity index (χ1n) is 9.03. The molecule has 138 valence electrons. The lowest BCUT2D eigenvalue weighted by molar-refractivity contribution is -0.139. The molecule has 0 saturated carbocycles. The molecule has 0 radical (unpaired) electrons. The Labute approximate surface area is 149 Å². The van der Waals surface area contributed by atoms with Gasteiger partial charge < -0.3 is 15.3 Å². The van der Waals surface area contributed by atoms with Crippen LogP contribution in [0.3, 0.4) is 0 Å². The second kappa shape index (κ2) is 9.53. The van der Waals surface area contributed by atoms with Crippen molar-refractivity contribution in [3.63, 3.8) is 0 Å². The van der Waals surface area contributed by atoms with E-state index in [4.69, 9.17) is 0 Å². The minimum atomic E-state index is -0.978. The highest BCUT2D eigenvalue weighted by molar-refractivity contribution is 5.96. The van der Waals surface area contributed by atoms with Gasteiger partial charge in [0.25, 0.3) is 5.91 Å². The van der Waals surface area contributed by atoms with Crippen LogP contribution in [0.5, 0.6) is 0 Å². The van der Waals surface area contributed by atoms with Crippen molar-refractivity contribution >= 4 is 11.9 Å². The summed E-state index contributed by atoms with van der Waals surface area (Å²) < 4.78 is 0. The summed E-state index contributed by atoms with van der Waals surface area (Å²) in [6, 6.07) is 6.64. The number of likely N-dealkylation sites (N-methyl/N-ethyl adjacent to an activating group) is 1. The number of benzene rings is 1. The first-order chi connectivity index (χ1) is 12.0. The van der Waals surface area contributed by atoms with E-state index in [2.05, 4.69) is 22.2 Å². The Morgan fingerprint density at radius 1 is 1.16 bits per heavy atom. The number of piperazine rings is 1. The second-order valence-electron chi connectivity index (χ2n) is 6.78. The molecule has 1 atom stereocenters. The molecule has 1 saturated heterocycles.